The van der Waals surface area contributed by atoms with Crippen LogP contribution in [0, 0.1) is 11.8 Å². The maximum Gasteiger partial charge on any atom is 0.407 e. The molecule has 2 aliphatic rings. The quantitative estimate of drug-likeness (QED) is 0.354. The van der Waals surface area contributed by atoms with Crippen LogP contribution in [0.2, 0.25) is 0 Å². The van der Waals surface area contributed by atoms with Crippen molar-refractivity contribution < 1.29 is 32.3 Å². The van der Waals surface area contributed by atoms with Gasteiger partial charge in [-0.25, -0.2) is 13.2 Å². The molecule has 41 heavy (non-hydrogen) atoms. The van der Waals surface area contributed by atoms with E-state index in [1.807, 2.05) is 12.1 Å². The largest absolute Gasteiger partial charge is 0.497 e. The van der Waals surface area contributed by atoms with Gasteiger partial charge in [-0.15, -0.1) is 0 Å². The number of carbonyl (C=O) groups excluding carboxylic acids is 3. The van der Waals surface area contributed by atoms with Gasteiger partial charge >= 0.3 is 6.09 Å². The Balaban J connectivity index is 1.60. The number of nitrogens with one attached hydrogen (secondary N) is 3. The Labute approximate surface area is 244 Å². The van der Waals surface area contributed by atoms with Gasteiger partial charge in [-0.2, -0.15) is 0 Å². The number of hydrogen-bond donors (Lipinski definition) is 3. The van der Waals surface area contributed by atoms with E-state index in [-0.39, 0.29) is 36.1 Å². The molecule has 2 aliphatic carbocycles. The maximum atomic E-state index is 13.2. The van der Waals surface area contributed by atoms with Gasteiger partial charge in [0.25, 0.3) is 0 Å². The Morgan fingerprint density at radius 3 is 2.17 bits per heavy atom. The molecule has 0 spiro atoms. The fourth-order valence-electron chi connectivity index (χ4n) is 5.54. The average molecular weight is 594 g/mol. The Hall–Kier alpha value is -2.82. The number of methoxy groups -OCH3 is 1. The number of rotatable bonds is 11. The highest BCUT2D eigenvalue weighted by Gasteiger charge is 2.33. The summed E-state index contributed by atoms with van der Waals surface area (Å²) < 4.78 is 36.8. The lowest BCUT2D eigenvalue weighted by Crippen LogP contribution is -2.52. The molecule has 0 unspecified atom stereocenters. The van der Waals surface area contributed by atoms with Gasteiger partial charge in [-0.1, -0.05) is 31.4 Å². The number of sulfone groups is 1. The van der Waals surface area contributed by atoms with E-state index in [9.17, 15) is 22.8 Å². The van der Waals surface area contributed by atoms with Crippen molar-refractivity contribution in [1.29, 1.82) is 0 Å². The Morgan fingerprint density at radius 2 is 1.59 bits per heavy atom. The van der Waals surface area contributed by atoms with Crippen molar-refractivity contribution in [3.8, 4) is 5.75 Å². The van der Waals surface area contributed by atoms with Crippen LogP contribution in [0.5, 0.6) is 5.75 Å². The fourth-order valence-corrected chi connectivity index (χ4v) is 7.47. The second kappa shape index (κ2) is 14.9. The standard InChI is InChI=1S/C30H47N3O7S/c1-30(2,3)40-29(36)32-24-14-12-23(13-15-24)27(34)33-26(20-41(37,38)19-22-8-6-5-7-9-22)28(35)31-18-21-10-16-25(39-4)17-11-21/h10-11,16-17,22-24,26H,5-9,12-15,18-20H2,1-4H3,(H,31,35)(H,32,36)(H,33,34)/t23?,24?,26-/m0/s1. The minimum atomic E-state index is -3.58. The summed E-state index contributed by atoms with van der Waals surface area (Å²) in [4.78, 5) is 38.6. The zero-order valence-electron chi connectivity index (χ0n) is 24.9. The third-order valence-corrected chi connectivity index (χ3v) is 9.53. The minimum absolute atomic E-state index is 0.0343. The first kappa shape index (κ1) is 32.7. The topological polar surface area (TPSA) is 140 Å². The van der Waals surface area contributed by atoms with E-state index in [0.29, 0.717) is 31.4 Å². The summed E-state index contributed by atoms with van der Waals surface area (Å²) in [7, 11) is -2.01. The summed E-state index contributed by atoms with van der Waals surface area (Å²) in [6, 6.07) is 5.90. The van der Waals surface area contributed by atoms with Gasteiger partial charge in [-0.05, 0) is 82.9 Å². The van der Waals surface area contributed by atoms with E-state index in [0.717, 1.165) is 37.7 Å². The monoisotopic (exact) mass is 593 g/mol. The molecule has 2 fully saturated rings. The third kappa shape index (κ3) is 11.5. The fraction of sp³-hybridized carbons (Fsp3) is 0.700. The zero-order valence-corrected chi connectivity index (χ0v) is 25.7. The summed E-state index contributed by atoms with van der Waals surface area (Å²) >= 11 is 0. The molecule has 230 valence electrons. The second-order valence-corrected chi connectivity index (χ2v) is 14.6. The van der Waals surface area contributed by atoms with Crippen LogP contribution in [0.3, 0.4) is 0 Å². The maximum absolute atomic E-state index is 13.2. The molecule has 3 rings (SSSR count). The Morgan fingerprint density at radius 1 is 0.951 bits per heavy atom. The molecule has 2 saturated carbocycles. The summed E-state index contributed by atoms with van der Waals surface area (Å²) in [5, 5.41) is 8.42. The second-order valence-electron chi connectivity index (χ2n) is 12.4. The first-order valence-corrected chi connectivity index (χ1v) is 16.6. The molecule has 0 bridgehead atoms. The van der Waals surface area contributed by atoms with Crippen molar-refractivity contribution in [3.63, 3.8) is 0 Å². The van der Waals surface area contributed by atoms with Gasteiger partial charge in [0.15, 0.2) is 9.84 Å². The first-order chi connectivity index (χ1) is 19.3. The van der Waals surface area contributed by atoms with Crippen molar-refractivity contribution in [3.05, 3.63) is 29.8 Å². The lowest BCUT2D eigenvalue weighted by atomic mass is 9.85. The Kier molecular flexibility index (Phi) is 11.9. The van der Waals surface area contributed by atoms with E-state index < -0.39 is 39.2 Å². The summed E-state index contributed by atoms with van der Waals surface area (Å²) in [6.07, 6.45) is 6.64. The minimum Gasteiger partial charge on any atom is -0.497 e. The molecule has 3 N–H and O–H groups in total. The molecule has 1 atom stereocenters. The molecule has 1 aromatic carbocycles. The van der Waals surface area contributed by atoms with Crippen molar-refractivity contribution >= 4 is 27.7 Å². The predicted molar refractivity (Wildman–Crippen MR) is 157 cm³/mol. The molecule has 0 aromatic heterocycles. The van der Waals surface area contributed by atoms with Crippen molar-refractivity contribution in [1.82, 2.24) is 16.0 Å². The van der Waals surface area contributed by atoms with Gasteiger partial charge in [0, 0.05) is 18.5 Å². The number of ether oxygens (including phenoxy) is 2. The highest BCUT2D eigenvalue weighted by atomic mass is 32.2. The number of alkyl carbamates (subject to hydrolysis) is 1. The highest BCUT2D eigenvalue weighted by molar-refractivity contribution is 7.91. The number of carbonyl (C=O) groups is 3. The molecular weight excluding hydrogens is 546 g/mol. The average Bonchev–Trinajstić information content (AvgIpc) is 2.91. The lowest BCUT2D eigenvalue weighted by Gasteiger charge is -2.30. The molecule has 11 heteroatoms. The number of hydrogen-bond acceptors (Lipinski definition) is 7. The van der Waals surface area contributed by atoms with Crippen LogP contribution in [-0.2, 0) is 30.7 Å². The molecular formula is C30H47N3O7S. The van der Waals surface area contributed by atoms with Crippen LogP contribution in [0.4, 0.5) is 4.79 Å². The molecule has 1 aromatic rings. The van der Waals surface area contributed by atoms with E-state index in [1.165, 1.54) is 0 Å². The molecule has 10 nitrogen and oxygen atoms in total. The van der Waals surface area contributed by atoms with Crippen LogP contribution in [0.15, 0.2) is 24.3 Å². The van der Waals surface area contributed by atoms with Crippen LogP contribution in [-0.4, -0.2) is 62.6 Å². The number of benzene rings is 1. The van der Waals surface area contributed by atoms with Crippen molar-refractivity contribution in [2.45, 2.75) is 103 Å². The number of amides is 3. The summed E-state index contributed by atoms with van der Waals surface area (Å²) in [6.45, 7) is 5.59. The first-order valence-electron chi connectivity index (χ1n) is 14.7. The van der Waals surface area contributed by atoms with E-state index >= 15 is 0 Å². The van der Waals surface area contributed by atoms with Gasteiger partial charge < -0.3 is 25.4 Å². The summed E-state index contributed by atoms with van der Waals surface area (Å²) in [5.74, 6) is -0.842. The zero-order chi connectivity index (χ0) is 30.0. The van der Waals surface area contributed by atoms with E-state index in [2.05, 4.69) is 16.0 Å². The van der Waals surface area contributed by atoms with Gasteiger partial charge in [0.2, 0.25) is 11.8 Å². The molecule has 0 radical (unpaired) electrons. The Bertz CT molecular complexity index is 1120. The van der Waals surface area contributed by atoms with Gasteiger partial charge in [0.1, 0.15) is 17.4 Å². The predicted octanol–water partition coefficient (Wildman–Crippen LogP) is 3.87. The van der Waals surface area contributed by atoms with E-state index in [1.54, 1.807) is 40.0 Å². The van der Waals surface area contributed by atoms with Gasteiger partial charge in [-0.3, -0.25) is 9.59 Å². The normalized spacial score (nSPS) is 20.9. The van der Waals surface area contributed by atoms with Crippen LogP contribution >= 0.6 is 0 Å². The molecule has 0 aliphatic heterocycles. The van der Waals surface area contributed by atoms with Crippen LogP contribution in [0.25, 0.3) is 0 Å². The molecule has 0 saturated heterocycles. The van der Waals surface area contributed by atoms with Crippen molar-refractivity contribution in [2.24, 2.45) is 11.8 Å². The highest BCUT2D eigenvalue weighted by Crippen LogP contribution is 2.27. The molecule has 3 amide bonds. The van der Waals surface area contributed by atoms with Crippen molar-refractivity contribution in [2.75, 3.05) is 18.6 Å². The summed E-state index contributed by atoms with van der Waals surface area (Å²) in [5.41, 5.74) is 0.228. The van der Waals surface area contributed by atoms with Crippen LogP contribution in [0.1, 0.15) is 84.1 Å². The SMILES string of the molecule is COc1ccc(CNC(=O)[C@H](CS(=O)(=O)CC2CCCCC2)NC(=O)C2CCC(NC(=O)OC(C)(C)C)CC2)cc1. The van der Waals surface area contributed by atoms with Crippen LogP contribution < -0.4 is 20.7 Å². The smallest absolute Gasteiger partial charge is 0.407 e. The van der Waals surface area contributed by atoms with E-state index in [4.69, 9.17) is 9.47 Å². The molecule has 0 heterocycles. The lowest BCUT2D eigenvalue weighted by molar-refractivity contribution is -0.131. The third-order valence-electron chi connectivity index (χ3n) is 7.71. The van der Waals surface area contributed by atoms with Gasteiger partial charge in [0.05, 0.1) is 18.6 Å².